The van der Waals surface area contributed by atoms with Crippen molar-refractivity contribution in [3.63, 3.8) is 0 Å². The van der Waals surface area contributed by atoms with Crippen LogP contribution in [0.5, 0.6) is 0 Å². The molecule has 118 valence electrons. The Balaban J connectivity index is 2.15. The number of aryl methyl sites for hydroxylation is 1. The number of rotatable bonds is 4. The number of nitrogens with zero attached hydrogens (tertiary/aromatic N) is 1. The maximum atomic E-state index is 12.2. The highest BCUT2D eigenvalue weighted by molar-refractivity contribution is 7.89. The molecular formula is C13H21N3O4S. The van der Waals surface area contributed by atoms with Crippen LogP contribution in [-0.4, -0.2) is 30.7 Å². The summed E-state index contributed by atoms with van der Waals surface area (Å²) in [5.41, 5.74) is -0.0202. The number of primary sulfonamides is 1. The standard InChI is InChI=1S/C13H21N3O4S/c1-3-9-5-4-6-10(7-9)20-13(17)11-12(21(14,18)19)8(2)15-16-11/h9-10H,3-7H2,1-2H3,(H,15,16)(H2,14,18,19). The van der Waals surface area contributed by atoms with Gasteiger partial charge >= 0.3 is 5.97 Å². The average Bonchev–Trinajstić information content (AvgIpc) is 2.81. The molecular weight excluding hydrogens is 294 g/mol. The van der Waals surface area contributed by atoms with Crippen LogP contribution in [0.25, 0.3) is 0 Å². The lowest BCUT2D eigenvalue weighted by atomic mass is 9.85. The van der Waals surface area contributed by atoms with Gasteiger partial charge in [-0.25, -0.2) is 18.4 Å². The van der Waals surface area contributed by atoms with Gasteiger partial charge in [-0.1, -0.05) is 19.8 Å². The smallest absolute Gasteiger partial charge is 0.360 e. The third-order valence-corrected chi connectivity index (χ3v) is 5.02. The minimum absolute atomic E-state index is 0.179. The molecule has 7 nitrogen and oxygen atoms in total. The van der Waals surface area contributed by atoms with E-state index >= 15 is 0 Å². The van der Waals surface area contributed by atoms with Crippen molar-refractivity contribution in [2.24, 2.45) is 11.1 Å². The number of nitrogens with one attached hydrogen (secondary N) is 1. The summed E-state index contributed by atoms with van der Waals surface area (Å²) < 4.78 is 28.5. The zero-order valence-corrected chi connectivity index (χ0v) is 13.1. The maximum Gasteiger partial charge on any atom is 0.360 e. The Labute approximate surface area is 124 Å². The summed E-state index contributed by atoms with van der Waals surface area (Å²) in [6, 6.07) is 0. The Kier molecular flexibility index (Phi) is 4.67. The molecule has 1 aromatic heterocycles. The first-order valence-electron chi connectivity index (χ1n) is 7.11. The van der Waals surface area contributed by atoms with Gasteiger partial charge in [-0.2, -0.15) is 5.10 Å². The quantitative estimate of drug-likeness (QED) is 0.817. The van der Waals surface area contributed by atoms with Crippen molar-refractivity contribution in [3.05, 3.63) is 11.4 Å². The van der Waals surface area contributed by atoms with Gasteiger partial charge in [0, 0.05) is 0 Å². The largest absolute Gasteiger partial charge is 0.458 e. The molecule has 1 aliphatic carbocycles. The van der Waals surface area contributed by atoms with E-state index in [-0.39, 0.29) is 22.4 Å². The van der Waals surface area contributed by atoms with Crippen molar-refractivity contribution in [1.82, 2.24) is 10.2 Å². The van der Waals surface area contributed by atoms with E-state index in [9.17, 15) is 13.2 Å². The third-order valence-electron chi connectivity index (χ3n) is 3.95. The van der Waals surface area contributed by atoms with E-state index in [2.05, 4.69) is 17.1 Å². The second-order valence-electron chi connectivity index (χ2n) is 5.54. The molecule has 0 saturated heterocycles. The summed E-state index contributed by atoms with van der Waals surface area (Å²) in [7, 11) is -4.02. The SMILES string of the molecule is CCC1CCCC(OC(=O)c2n[nH]c(C)c2S(N)(=O)=O)C1. The third kappa shape index (κ3) is 3.62. The topological polar surface area (TPSA) is 115 Å². The number of ether oxygens (including phenoxy) is 1. The summed E-state index contributed by atoms with van der Waals surface area (Å²) in [6.07, 6.45) is 4.65. The fourth-order valence-electron chi connectivity index (χ4n) is 2.83. The number of sulfonamides is 1. The number of nitrogens with two attached hydrogens (primary N) is 1. The van der Waals surface area contributed by atoms with E-state index < -0.39 is 16.0 Å². The van der Waals surface area contributed by atoms with Crippen LogP contribution in [0.15, 0.2) is 4.90 Å². The molecule has 2 atom stereocenters. The van der Waals surface area contributed by atoms with Gasteiger partial charge in [0.15, 0.2) is 5.69 Å². The van der Waals surface area contributed by atoms with Crippen molar-refractivity contribution < 1.29 is 17.9 Å². The molecule has 2 unspecified atom stereocenters. The van der Waals surface area contributed by atoms with Gasteiger partial charge in [0.05, 0.1) is 5.69 Å². The highest BCUT2D eigenvalue weighted by atomic mass is 32.2. The van der Waals surface area contributed by atoms with Crippen molar-refractivity contribution in [2.45, 2.75) is 57.0 Å². The van der Waals surface area contributed by atoms with Crippen LogP contribution in [0.4, 0.5) is 0 Å². The van der Waals surface area contributed by atoms with Gasteiger partial charge in [0.1, 0.15) is 11.0 Å². The number of aromatic nitrogens is 2. The molecule has 8 heteroatoms. The Morgan fingerprint density at radius 1 is 1.48 bits per heavy atom. The summed E-state index contributed by atoms with van der Waals surface area (Å²) >= 11 is 0. The van der Waals surface area contributed by atoms with Crippen molar-refractivity contribution in [3.8, 4) is 0 Å². The molecule has 1 heterocycles. The number of H-pyrrole nitrogens is 1. The first-order valence-corrected chi connectivity index (χ1v) is 8.66. The highest BCUT2D eigenvalue weighted by Crippen LogP contribution is 2.29. The zero-order chi connectivity index (χ0) is 15.6. The van der Waals surface area contributed by atoms with Crippen molar-refractivity contribution in [1.29, 1.82) is 0 Å². The van der Waals surface area contributed by atoms with E-state index in [1.807, 2.05) is 0 Å². The Bertz CT molecular complexity index is 623. The lowest BCUT2D eigenvalue weighted by molar-refractivity contribution is 0.0129. The van der Waals surface area contributed by atoms with E-state index in [4.69, 9.17) is 9.88 Å². The lowest BCUT2D eigenvalue weighted by Gasteiger charge is -2.27. The molecule has 0 bridgehead atoms. The van der Waals surface area contributed by atoms with Crippen LogP contribution < -0.4 is 5.14 Å². The van der Waals surface area contributed by atoms with Gasteiger partial charge in [-0.15, -0.1) is 0 Å². The monoisotopic (exact) mass is 315 g/mol. The van der Waals surface area contributed by atoms with E-state index in [1.165, 1.54) is 6.92 Å². The molecule has 0 radical (unpaired) electrons. The van der Waals surface area contributed by atoms with Gasteiger partial charge in [-0.05, 0) is 32.1 Å². The van der Waals surface area contributed by atoms with E-state index in [1.54, 1.807) is 0 Å². The second-order valence-corrected chi connectivity index (χ2v) is 7.04. The van der Waals surface area contributed by atoms with Crippen LogP contribution in [0.3, 0.4) is 0 Å². The molecule has 1 aliphatic rings. The van der Waals surface area contributed by atoms with Gasteiger partial charge in [0.25, 0.3) is 0 Å². The molecule has 2 rings (SSSR count). The molecule has 0 aromatic carbocycles. The molecule has 0 spiro atoms. The normalized spacial score (nSPS) is 23.0. The first kappa shape index (κ1) is 16.0. The van der Waals surface area contributed by atoms with Crippen LogP contribution in [-0.2, 0) is 14.8 Å². The molecule has 1 fully saturated rings. The number of hydrogen-bond donors (Lipinski definition) is 2. The van der Waals surface area contributed by atoms with E-state index in [0.29, 0.717) is 5.92 Å². The number of aromatic amines is 1. The molecule has 1 aromatic rings. The molecule has 0 aliphatic heterocycles. The van der Waals surface area contributed by atoms with E-state index in [0.717, 1.165) is 32.1 Å². The molecule has 1 saturated carbocycles. The molecule has 0 amide bonds. The van der Waals surface area contributed by atoms with Crippen LogP contribution in [0.1, 0.15) is 55.2 Å². The predicted molar refractivity (Wildman–Crippen MR) is 76.2 cm³/mol. The van der Waals surface area contributed by atoms with Gasteiger partial charge in [-0.3, -0.25) is 5.10 Å². The average molecular weight is 315 g/mol. The summed E-state index contributed by atoms with van der Waals surface area (Å²) in [4.78, 5) is 11.9. The molecule has 3 N–H and O–H groups in total. The Morgan fingerprint density at radius 3 is 2.81 bits per heavy atom. The zero-order valence-electron chi connectivity index (χ0n) is 12.3. The minimum atomic E-state index is -4.02. The minimum Gasteiger partial charge on any atom is -0.458 e. The first-order chi connectivity index (χ1) is 9.82. The van der Waals surface area contributed by atoms with Gasteiger partial charge < -0.3 is 4.74 Å². The summed E-state index contributed by atoms with van der Waals surface area (Å²) in [5, 5.41) is 11.3. The van der Waals surface area contributed by atoms with Crippen molar-refractivity contribution in [2.75, 3.05) is 0 Å². The maximum absolute atomic E-state index is 12.2. The Morgan fingerprint density at radius 2 is 2.19 bits per heavy atom. The number of carbonyl (C=O) groups is 1. The number of carbonyl (C=O) groups excluding carboxylic acids is 1. The lowest BCUT2D eigenvalue weighted by Crippen LogP contribution is -2.26. The fourth-order valence-corrected chi connectivity index (χ4v) is 3.70. The van der Waals surface area contributed by atoms with Crippen LogP contribution in [0.2, 0.25) is 0 Å². The van der Waals surface area contributed by atoms with Crippen LogP contribution >= 0.6 is 0 Å². The highest BCUT2D eigenvalue weighted by Gasteiger charge is 2.30. The fraction of sp³-hybridized carbons (Fsp3) is 0.692. The molecule has 21 heavy (non-hydrogen) atoms. The van der Waals surface area contributed by atoms with Crippen LogP contribution in [0, 0.1) is 12.8 Å². The number of esters is 1. The Hall–Kier alpha value is -1.41. The second kappa shape index (κ2) is 6.15. The predicted octanol–water partition coefficient (Wildman–Crippen LogP) is 1.49. The number of hydrogen-bond acceptors (Lipinski definition) is 5. The summed E-state index contributed by atoms with van der Waals surface area (Å²) in [6.45, 7) is 3.61. The van der Waals surface area contributed by atoms with Crippen molar-refractivity contribution >= 4 is 16.0 Å². The van der Waals surface area contributed by atoms with Gasteiger partial charge in [0.2, 0.25) is 10.0 Å². The summed E-state index contributed by atoms with van der Waals surface area (Å²) in [5.74, 6) is -0.180.